The summed E-state index contributed by atoms with van der Waals surface area (Å²) in [6.45, 7) is 6.11. The molecule has 4 nitrogen and oxygen atoms in total. The number of alkyl carbamates (subject to hydrolysis) is 1. The molecule has 2 N–H and O–H groups in total. The van der Waals surface area contributed by atoms with E-state index in [9.17, 15) is 9.90 Å². The normalized spacial score (nSPS) is 25.4. The summed E-state index contributed by atoms with van der Waals surface area (Å²) < 4.78 is 5.14. The molecule has 0 heterocycles. The van der Waals surface area contributed by atoms with Crippen LogP contribution < -0.4 is 5.32 Å². The number of ether oxygens (including phenoxy) is 1. The Morgan fingerprint density at radius 2 is 2.00 bits per heavy atom. The Bertz CT molecular complexity index is 248. The zero-order valence-corrected chi connectivity index (χ0v) is 11.2. The summed E-state index contributed by atoms with van der Waals surface area (Å²) in [5.74, 6) is 0.332. The summed E-state index contributed by atoms with van der Waals surface area (Å²) in [5, 5.41) is 12.5. The van der Waals surface area contributed by atoms with Crippen LogP contribution in [0.5, 0.6) is 0 Å². The lowest BCUT2D eigenvalue weighted by Crippen LogP contribution is -2.35. The maximum atomic E-state index is 11.4. The average Bonchev–Trinajstić information content (AvgIpc) is 2.18. The SMILES string of the molecule is CC(C)(C)OC(=O)NCC[C@@H]1CCCC[C@H]1O. The summed E-state index contributed by atoms with van der Waals surface area (Å²) in [5.41, 5.74) is -0.450. The predicted molar refractivity (Wildman–Crippen MR) is 66.8 cm³/mol. The van der Waals surface area contributed by atoms with E-state index >= 15 is 0 Å². The molecule has 1 saturated carbocycles. The minimum atomic E-state index is -0.450. The van der Waals surface area contributed by atoms with Crippen molar-refractivity contribution in [2.75, 3.05) is 6.54 Å². The summed E-state index contributed by atoms with van der Waals surface area (Å²) in [6, 6.07) is 0. The van der Waals surface area contributed by atoms with E-state index in [0.717, 1.165) is 25.7 Å². The quantitative estimate of drug-likeness (QED) is 0.800. The first-order chi connectivity index (χ1) is 7.88. The number of hydrogen-bond acceptors (Lipinski definition) is 3. The third-order valence-electron chi connectivity index (χ3n) is 3.05. The van der Waals surface area contributed by atoms with E-state index in [1.807, 2.05) is 20.8 Å². The van der Waals surface area contributed by atoms with E-state index in [2.05, 4.69) is 5.32 Å². The molecule has 0 spiro atoms. The molecular formula is C13H25NO3. The van der Waals surface area contributed by atoms with Crippen molar-refractivity contribution in [3.63, 3.8) is 0 Å². The van der Waals surface area contributed by atoms with Crippen LogP contribution in [0.25, 0.3) is 0 Å². The van der Waals surface area contributed by atoms with Gasteiger partial charge < -0.3 is 15.2 Å². The van der Waals surface area contributed by atoms with Crippen molar-refractivity contribution in [1.82, 2.24) is 5.32 Å². The molecule has 0 aliphatic heterocycles. The Morgan fingerprint density at radius 3 is 2.59 bits per heavy atom. The number of carbonyl (C=O) groups is 1. The van der Waals surface area contributed by atoms with E-state index in [1.165, 1.54) is 6.42 Å². The summed E-state index contributed by atoms with van der Waals surface area (Å²) in [7, 11) is 0. The lowest BCUT2D eigenvalue weighted by Gasteiger charge is -2.27. The number of nitrogens with one attached hydrogen (secondary N) is 1. The standard InChI is InChI=1S/C13H25NO3/c1-13(2,3)17-12(16)14-9-8-10-6-4-5-7-11(10)15/h10-11,15H,4-9H2,1-3H3,(H,14,16)/t10-,11+/m0/s1. The van der Waals surface area contributed by atoms with Crippen LogP contribution in [0.1, 0.15) is 52.9 Å². The van der Waals surface area contributed by atoms with Crippen molar-refractivity contribution >= 4 is 6.09 Å². The molecule has 1 aliphatic carbocycles. The smallest absolute Gasteiger partial charge is 0.407 e. The highest BCUT2D eigenvalue weighted by molar-refractivity contribution is 5.67. The van der Waals surface area contributed by atoms with Crippen LogP contribution >= 0.6 is 0 Å². The molecule has 0 bridgehead atoms. The molecule has 1 rings (SSSR count). The Morgan fingerprint density at radius 1 is 1.35 bits per heavy atom. The number of aliphatic hydroxyl groups is 1. The zero-order chi connectivity index (χ0) is 12.9. The van der Waals surface area contributed by atoms with Gasteiger partial charge in [0.25, 0.3) is 0 Å². The van der Waals surface area contributed by atoms with E-state index in [4.69, 9.17) is 4.74 Å². The largest absolute Gasteiger partial charge is 0.444 e. The van der Waals surface area contributed by atoms with Crippen molar-refractivity contribution in [1.29, 1.82) is 0 Å². The Hall–Kier alpha value is -0.770. The highest BCUT2D eigenvalue weighted by atomic mass is 16.6. The fourth-order valence-corrected chi connectivity index (χ4v) is 2.20. The number of carbonyl (C=O) groups excluding carboxylic acids is 1. The minimum absolute atomic E-state index is 0.191. The molecule has 0 aromatic rings. The second-order valence-electron chi connectivity index (χ2n) is 5.83. The molecule has 1 amide bonds. The molecule has 4 heteroatoms. The van der Waals surface area contributed by atoms with Gasteiger partial charge in [-0.25, -0.2) is 4.79 Å². The van der Waals surface area contributed by atoms with E-state index < -0.39 is 5.60 Å². The summed E-state index contributed by atoms with van der Waals surface area (Å²) >= 11 is 0. The molecule has 0 radical (unpaired) electrons. The van der Waals surface area contributed by atoms with Crippen molar-refractivity contribution in [2.45, 2.75) is 64.6 Å². The molecule has 17 heavy (non-hydrogen) atoms. The number of amides is 1. The van der Waals surface area contributed by atoms with E-state index in [1.54, 1.807) is 0 Å². The highest BCUT2D eigenvalue weighted by Gasteiger charge is 2.23. The molecule has 100 valence electrons. The topological polar surface area (TPSA) is 58.6 Å². The van der Waals surface area contributed by atoms with Gasteiger partial charge in [0.05, 0.1) is 6.10 Å². The van der Waals surface area contributed by atoms with Crippen LogP contribution in [0, 0.1) is 5.92 Å². The first-order valence-corrected chi connectivity index (χ1v) is 6.53. The van der Waals surface area contributed by atoms with Crippen LogP contribution in [0.2, 0.25) is 0 Å². The van der Waals surface area contributed by atoms with E-state index in [0.29, 0.717) is 12.5 Å². The molecule has 1 aliphatic rings. The fourth-order valence-electron chi connectivity index (χ4n) is 2.20. The number of aliphatic hydroxyl groups excluding tert-OH is 1. The third kappa shape index (κ3) is 5.91. The van der Waals surface area contributed by atoms with Gasteiger partial charge in [-0.05, 0) is 46.0 Å². The molecule has 0 aromatic carbocycles. The molecular weight excluding hydrogens is 218 g/mol. The average molecular weight is 243 g/mol. The summed E-state index contributed by atoms with van der Waals surface area (Å²) in [4.78, 5) is 11.4. The maximum Gasteiger partial charge on any atom is 0.407 e. The van der Waals surface area contributed by atoms with Crippen LogP contribution in [0.15, 0.2) is 0 Å². The van der Waals surface area contributed by atoms with Gasteiger partial charge in [-0.1, -0.05) is 12.8 Å². The van der Waals surface area contributed by atoms with E-state index in [-0.39, 0.29) is 12.2 Å². The minimum Gasteiger partial charge on any atom is -0.444 e. The van der Waals surface area contributed by atoms with Crippen LogP contribution in [0.3, 0.4) is 0 Å². The van der Waals surface area contributed by atoms with Crippen molar-refractivity contribution in [3.8, 4) is 0 Å². The van der Waals surface area contributed by atoms with Gasteiger partial charge in [0, 0.05) is 6.54 Å². The van der Waals surface area contributed by atoms with Gasteiger partial charge in [-0.2, -0.15) is 0 Å². The van der Waals surface area contributed by atoms with Crippen molar-refractivity contribution in [3.05, 3.63) is 0 Å². The van der Waals surface area contributed by atoms with Gasteiger partial charge in [0.1, 0.15) is 5.60 Å². The van der Waals surface area contributed by atoms with Gasteiger partial charge in [-0.3, -0.25) is 0 Å². The third-order valence-corrected chi connectivity index (χ3v) is 3.05. The van der Waals surface area contributed by atoms with Crippen LogP contribution in [-0.2, 0) is 4.74 Å². The van der Waals surface area contributed by atoms with Crippen LogP contribution in [-0.4, -0.2) is 29.4 Å². The molecule has 0 saturated heterocycles. The Labute approximate surface area is 104 Å². The lowest BCUT2D eigenvalue weighted by molar-refractivity contribution is 0.0480. The van der Waals surface area contributed by atoms with Crippen molar-refractivity contribution in [2.24, 2.45) is 5.92 Å². The molecule has 2 atom stereocenters. The lowest BCUT2D eigenvalue weighted by atomic mass is 9.84. The zero-order valence-electron chi connectivity index (χ0n) is 11.2. The number of hydrogen-bond donors (Lipinski definition) is 2. The second-order valence-corrected chi connectivity index (χ2v) is 5.83. The second kappa shape index (κ2) is 6.24. The van der Waals surface area contributed by atoms with Gasteiger partial charge in [-0.15, -0.1) is 0 Å². The Kier molecular flexibility index (Phi) is 5.25. The monoisotopic (exact) mass is 243 g/mol. The maximum absolute atomic E-state index is 11.4. The molecule has 1 fully saturated rings. The van der Waals surface area contributed by atoms with Gasteiger partial charge >= 0.3 is 6.09 Å². The summed E-state index contributed by atoms with van der Waals surface area (Å²) in [6.07, 6.45) is 4.55. The first kappa shape index (κ1) is 14.3. The predicted octanol–water partition coefficient (Wildman–Crippen LogP) is 2.45. The molecule has 0 unspecified atom stereocenters. The van der Waals surface area contributed by atoms with Gasteiger partial charge in [0.2, 0.25) is 0 Å². The van der Waals surface area contributed by atoms with Crippen LogP contribution in [0.4, 0.5) is 4.79 Å². The molecule has 0 aromatic heterocycles. The van der Waals surface area contributed by atoms with Gasteiger partial charge in [0.15, 0.2) is 0 Å². The number of rotatable bonds is 3. The first-order valence-electron chi connectivity index (χ1n) is 6.53. The Balaban J connectivity index is 2.16. The fraction of sp³-hybridized carbons (Fsp3) is 0.923. The van der Waals surface area contributed by atoms with Crippen molar-refractivity contribution < 1.29 is 14.6 Å². The highest BCUT2D eigenvalue weighted by Crippen LogP contribution is 2.26.